The Kier molecular flexibility index (Phi) is 4.39. The predicted octanol–water partition coefficient (Wildman–Crippen LogP) is 3.73. The van der Waals surface area contributed by atoms with E-state index < -0.39 is 0 Å². The molecule has 0 saturated heterocycles. The molecule has 0 radical (unpaired) electrons. The molecule has 118 valence electrons. The Balaban J connectivity index is 2.24. The standard InChI is InChI=1S/C15H12Cl2N4OS/c1-19-15-20-13(7-2-8(16)4-9(17)3-7)11-5-10(6-12(18)22)23-14(11)21-15/h2-5H,6H2,1H3,(H2,18,22)(H,19,20,21). The Morgan fingerprint density at radius 1 is 1.22 bits per heavy atom. The molecule has 8 heteroatoms. The smallest absolute Gasteiger partial charge is 0.224 e. The first kappa shape index (κ1) is 16.0. The maximum atomic E-state index is 11.2. The number of nitrogens with one attached hydrogen (secondary N) is 1. The van der Waals surface area contributed by atoms with Gasteiger partial charge in [0.2, 0.25) is 11.9 Å². The van der Waals surface area contributed by atoms with Crippen molar-refractivity contribution >= 4 is 56.6 Å². The molecule has 2 aromatic heterocycles. The van der Waals surface area contributed by atoms with E-state index in [4.69, 9.17) is 28.9 Å². The van der Waals surface area contributed by atoms with Crippen molar-refractivity contribution in [1.82, 2.24) is 9.97 Å². The molecular weight excluding hydrogens is 355 g/mol. The number of fused-ring (bicyclic) bond motifs is 1. The molecular formula is C15H12Cl2N4OS. The molecule has 2 heterocycles. The van der Waals surface area contributed by atoms with E-state index in [0.717, 1.165) is 20.7 Å². The lowest BCUT2D eigenvalue weighted by molar-refractivity contribution is -0.117. The zero-order valence-electron chi connectivity index (χ0n) is 12.1. The fourth-order valence-electron chi connectivity index (χ4n) is 2.25. The van der Waals surface area contributed by atoms with E-state index >= 15 is 0 Å². The third kappa shape index (κ3) is 3.39. The van der Waals surface area contributed by atoms with Crippen molar-refractivity contribution in [2.75, 3.05) is 12.4 Å². The second kappa shape index (κ2) is 6.31. The molecule has 3 rings (SSSR count). The quantitative estimate of drug-likeness (QED) is 0.736. The zero-order chi connectivity index (χ0) is 16.6. The maximum Gasteiger partial charge on any atom is 0.224 e. The van der Waals surface area contributed by atoms with Gasteiger partial charge in [0.05, 0.1) is 12.1 Å². The molecule has 23 heavy (non-hydrogen) atoms. The Hall–Kier alpha value is -1.89. The van der Waals surface area contributed by atoms with Crippen LogP contribution in [-0.2, 0) is 11.2 Å². The van der Waals surface area contributed by atoms with E-state index in [9.17, 15) is 4.79 Å². The van der Waals surface area contributed by atoms with Gasteiger partial charge in [0.1, 0.15) is 4.83 Å². The highest BCUT2D eigenvalue weighted by Gasteiger charge is 2.15. The van der Waals surface area contributed by atoms with Gasteiger partial charge in [0, 0.05) is 32.9 Å². The Labute approximate surface area is 146 Å². The Bertz CT molecular complexity index is 890. The lowest BCUT2D eigenvalue weighted by Gasteiger charge is -2.07. The molecule has 0 aliphatic rings. The largest absolute Gasteiger partial charge is 0.369 e. The summed E-state index contributed by atoms with van der Waals surface area (Å²) >= 11 is 13.6. The molecule has 1 amide bonds. The summed E-state index contributed by atoms with van der Waals surface area (Å²) < 4.78 is 0. The minimum atomic E-state index is -0.384. The van der Waals surface area contributed by atoms with Crippen molar-refractivity contribution < 1.29 is 4.79 Å². The normalized spacial score (nSPS) is 10.9. The van der Waals surface area contributed by atoms with Crippen LogP contribution in [0.5, 0.6) is 0 Å². The van der Waals surface area contributed by atoms with Crippen LogP contribution in [0.25, 0.3) is 21.5 Å². The molecule has 0 saturated carbocycles. The van der Waals surface area contributed by atoms with Gasteiger partial charge < -0.3 is 11.1 Å². The molecule has 0 unspecified atom stereocenters. The van der Waals surface area contributed by atoms with Crippen LogP contribution in [0.3, 0.4) is 0 Å². The number of nitrogens with zero attached hydrogens (tertiary/aromatic N) is 2. The number of rotatable bonds is 4. The summed E-state index contributed by atoms with van der Waals surface area (Å²) in [5.41, 5.74) is 6.77. The van der Waals surface area contributed by atoms with Crippen molar-refractivity contribution in [3.8, 4) is 11.3 Å². The summed E-state index contributed by atoms with van der Waals surface area (Å²) in [7, 11) is 1.74. The van der Waals surface area contributed by atoms with Crippen molar-refractivity contribution in [1.29, 1.82) is 0 Å². The number of aromatic nitrogens is 2. The van der Waals surface area contributed by atoms with Crippen molar-refractivity contribution in [2.24, 2.45) is 5.73 Å². The number of halogens is 2. The number of benzene rings is 1. The molecule has 1 aromatic carbocycles. The first-order valence-electron chi connectivity index (χ1n) is 6.69. The van der Waals surface area contributed by atoms with Gasteiger partial charge in [-0.3, -0.25) is 4.79 Å². The number of carbonyl (C=O) groups is 1. The van der Waals surface area contributed by atoms with E-state index in [-0.39, 0.29) is 12.3 Å². The second-order valence-corrected chi connectivity index (χ2v) is 6.87. The predicted molar refractivity (Wildman–Crippen MR) is 95.3 cm³/mol. The number of carbonyl (C=O) groups excluding carboxylic acids is 1. The molecule has 0 spiro atoms. The number of hydrogen-bond donors (Lipinski definition) is 2. The van der Waals surface area contributed by atoms with Crippen molar-refractivity contribution in [3.05, 3.63) is 39.2 Å². The fraction of sp³-hybridized carbons (Fsp3) is 0.133. The molecule has 0 bridgehead atoms. The topological polar surface area (TPSA) is 80.9 Å². The summed E-state index contributed by atoms with van der Waals surface area (Å²) in [6.07, 6.45) is 0.172. The minimum Gasteiger partial charge on any atom is -0.369 e. The Morgan fingerprint density at radius 2 is 1.91 bits per heavy atom. The summed E-state index contributed by atoms with van der Waals surface area (Å²) in [4.78, 5) is 21.7. The fourth-order valence-corrected chi connectivity index (χ4v) is 3.82. The van der Waals surface area contributed by atoms with Crippen LogP contribution in [0, 0.1) is 0 Å². The SMILES string of the molecule is CNc1nc(-c2cc(Cl)cc(Cl)c2)c2cc(CC(N)=O)sc2n1. The van der Waals surface area contributed by atoms with Crippen LogP contribution in [-0.4, -0.2) is 22.9 Å². The monoisotopic (exact) mass is 366 g/mol. The molecule has 0 fully saturated rings. The molecule has 0 aliphatic carbocycles. The van der Waals surface area contributed by atoms with Crippen LogP contribution in [0.1, 0.15) is 4.88 Å². The van der Waals surface area contributed by atoms with Gasteiger partial charge >= 0.3 is 0 Å². The average molecular weight is 367 g/mol. The maximum absolute atomic E-state index is 11.2. The highest BCUT2D eigenvalue weighted by atomic mass is 35.5. The van der Waals surface area contributed by atoms with E-state index in [1.54, 1.807) is 25.2 Å². The molecule has 5 nitrogen and oxygen atoms in total. The van der Waals surface area contributed by atoms with Gasteiger partial charge in [0.15, 0.2) is 0 Å². The molecule has 0 atom stereocenters. The first-order valence-corrected chi connectivity index (χ1v) is 8.26. The van der Waals surface area contributed by atoms with Crippen molar-refractivity contribution in [2.45, 2.75) is 6.42 Å². The van der Waals surface area contributed by atoms with Gasteiger partial charge in [-0.1, -0.05) is 23.2 Å². The highest BCUT2D eigenvalue weighted by molar-refractivity contribution is 7.18. The third-order valence-electron chi connectivity index (χ3n) is 3.15. The summed E-state index contributed by atoms with van der Waals surface area (Å²) in [5, 5.41) is 4.82. The van der Waals surface area contributed by atoms with E-state index in [1.807, 2.05) is 6.07 Å². The molecule has 0 aliphatic heterocycles. The van der Waals surface area contributed by atoms with Gasteiger partial charge in [-0.2, -0.15) is 0 Å². The lowest BCUT2D eigenvalue weighted by Crippen LogP contribution is -2.12. The van der Waals surface area contributed by atoms with Gasteiger partial charge in [-0.05, 0) is 24.3 Å². The van der Waals surface area contributed by atoms with Crippen LogP contribution >= 0.6 is 34.5 Å². The minimum absolute atomic E-state index is 0.172. The summed E-state index contributed by atoms with van der Waals surface area (Å²) in [6, 6.07) is 7.13. The average Bonchev–Trinajstić information content (AvgIpc) is 2.86. The van der Waals surface area contributed by atoms with Crippen LogP contribution < -0.4 is 11.1 Å². The first-order chi connectivity index (χ1) is 11.0. The zero-order valence-corrected chi connectivity index (χ0v) is 14.4. The van der Waals surface area contributed by atoms with Gasteiger partial charge in [-0.25, -0.2) is 9.97 Å². The van der Waals surface area contributed by atoms with E-state index in [2.05, 4.69) is 15.3 Å². The number of thiophene rings is 1. The molecule has 3 N–H and O–H groups in total. The van der Waals surface area contributed by atoms with Crippen LogP contribution in [0.15, 0.2) is 24.3 Å². The number of nitrogens with two attached hydrogens (primary N) is 1. The van der Waals surface area contributed by atoms with Crippen LogP contribution in [0.2, 0.25) is 10.0 Å². The third-order valence-corrected chi connectivity index (χ3v) is 4.62. The van der Waals surface area contributed by atoms with Gasteiger partial charge in [-0.15, -0.1) is 11.3 Å². The summed E-state index contributed by atoms with van der Waals surface area (Å²) in [5.74, 6) is 0.0989. The van der Waals surface area contributed by atoms with Crippen molar-refractivity contribution in [3.63, 3.8) is 0 Å². The Morgan fingerprint density at radius 3 is 2.52 bits per heavy atom. The van der Waals surface area contributed by atoms with E-state index in [0.29, 0.717) is 21.7 Å². The number of hydrogen-bond acceptors (Lipinski definition) is 5. The van der Waals surface area contributed by atoms with Crippen LogP contribution in [0.4, 0.5) is 5.95 Å². The number of amides is 1. The van der Waals surface area contributed by atoms with E-state index in [1.165, 1.54) is 11.3 Å². The lowest BCUT2D eigenvalue weighted by atomic mass is 10.1. The molecule has 3 aromatic rings. The number of anilines is 1. The highest BCUT2D eigenvalue weighted by Crippen LogP contribution is 2.35. The van der Waals surface area contributed by atoms with Gasteiger partial charge in [0.25, 0.3) is 0 Å². The summed E-state index contributed by atoms with van der Waals surface area (Å²) in [6.45, 7) is 0. The number of primary amides is 1. The second-order valence-electron chi connectivity index (χ2n) is 4.88.